The minimum absolute atomic E-state index is 0.0533. The van der Waals surface area contributed by atoms with Crippen molar-refractivity contribution in [2.24, 2.45) is 10.9 Å². The van der Waals surface area contributed by atoms with Crippen LogP contribution in [0.15, 0.2) is 35.3 Å². The topological polar surface area (TPSA) is 38.7 Å². The molecule has 0 saturated heterocycles. The molecule has 1 heterocycles. The van der Waals surface area contributed by atoms with Crippen LogP contribution in [0.25, 0.3) is 0 Å². The van der Waals surface area contributed by atoms with Crippen LogP contribution in [-0.4, -0.2) is 24.8 Å². The summed E-state index contributed by atoms with van der Waals surface area (Å²) in [6, 6.07) is 10.1. The zero-order valence-corrected chi connectivity index (χ0v) is 10.1. The summed E-state index contributed by atoms with van der Waals surface area (Å²) in [5, 5.41) is 0. The molecule has 0 spiro atoms. The molecule has 0 bridgehead atoms. The van der Waals surface area contributed by atoms with Crippen LogP contribution in [0.2, 0.25) is 0 Å². The number of hydrogen-bond donors (Lipinski definition) is 0. The van der Waals surface area contributed by atoms with Crippen LogP contribution in [-0.2, 0) is 9.53 Å². The lowest BCUT2D eigenvalue weighted by Crippen LogP contribution is -2.25. The van der Waals surface area contributed by atoms with Gasteiger partial charge in [0.25, 0.3) is 0 Å². The van der Waals surface area contributed by atoms with Crippen molar-refractivity contribution in [1.82, 2.24) is 0 Å². The molecule has 1 atom stereocenters. The van der Waals surface area contributed by atoms with Gasteiger partial charge in [0.2, 0.25) is 0 Å². The summed E-state index contributed by atoms with van der Waals surface area (Å²) in [5.41, 5.74) is 2.26. The number of carbonyl (C=O) groups excluding carboxylic acids is 1. The van der Waals surface area contributed by atoms with Gasteiger partial charge in [0.05, 0.1) is 19.1 Å². The predicted octanol–water partition coefficient (Wildman–Crippen LogP) is 2.45. The third kappa shape index (κ3) is 2.93. The third-order valence-corrected chi connectivity index (χ3v) is 2.96. The van der Waals surface area contributed by atoms with E-state index < -0.39 is 0 Å². The molecule has 0 aromatic heterocycles. The first-order chi connectivity index (χ1) is 8.31. The largest absolute Gasteiger partial charge is 0.466 e. The first-order valence-corrected chi connectivity index (χ1v) is 6.06. The zero-order chi connectivity index (χ0) is 12.1. The lowest BCUT2D eigenvalue weighted by atomic mass is 9.94. The van der Waals surface area contributed by atoms with Crippen LogP contribution < -0.4 is 0 Å². The summed E-state index contributed by atoms with van der Waals surface area (Å²) < 4.78 is 5.01. The molecule has 1 aliphatic rings. The van der Waals surface area contributed by atoms with Crippen LogP contribution >= 0.6 is 0 Å². The summed E-state index contributed by atoms with van der Waals surface area (Å²) in [4.78, 5) is 16.1. The summed E-state index contributed by atoms with van der Waals surface area (Å²) in [5.74, 6) is -0.161. The van der Waals surface area contributed by atoms with Crippen LogP contribution in [0, 0.1) is 5.92 Å². The second-order valence-corrected chi connectivity index (χ2v) is 4.14. The van der Waals surface area contributed by atoms with E-state index in [0.29, 0.717) is 13.2 Å². The van der Waals surface area contributed by atoms with Gasteiger partial charge in [-0.1, -0.05) is 30.3 Å². The smallest absolute Gasteiger partial charge is 0.310 e. The van der Waals surface area contributed by atoms with Gasteiger partial charge in [-0.25, -0.2) is 0 Å². The molecule has 0 N–H and O–H groups in total. The molecule has 3 nitrogen and oxygen atoms in total. The van der Waals surface area contributed by atoms with Crippen molar-refractivity contribution >= 4 is 11.7 Å². The maximum absolute atomic E-state index is 11.5. The van der Waals surface area contributed by atoms with Gasteiger partial charge in [-0.05, 0) is 25.3 Å². The number of nitrogens with zero attached hydrogens (tertiary/aromatic N) is 1. The monoisotopic (exact) mass is 231 g/mol. The number of ether oxygens (including phenoxy) is 1. The van der Waals surface area contributed by atoms with Crippen LogP contribution in [0.1, 0.15) is 25.3 Å². The van der Waals surface area contributed by atoms with Crippen LogP contribution in [0.3, 0.4) is 0 Å². The Morgan fingerprint density at radius 2 is 2.18 bits per heavy atom. The summed E-state index contributed by atoms with van der Waals surface area (Å²) in [7, 11) is 0. The number of benzene rings is 1. The Kier molecular flexibility index (Phi) is 3.91. The van der Waals surface area contributed by atoms with Crippen molar-refractivity contribution in [1.29, 1.82) is 0 Å². The molecule has 90 valence electrons. The maximum Gasteiger partial charge on any atom is 0.310 e. The van der Waals surface area contributed by atoms with Gasteiger partial charge < -0.3 is 4.74 Å². The standard InChI is InChI=1S/C14H17NO2/c1-2-17-14(16)12-8-9-13(15-10-12)11-6-4-3-5-7-11/h3-7,12H,2,8-10H2,1H3/t12-/m0/s1. The van der Waals surface area contributed by atoms with E-state index in [9.17, 15) is 4.79 Å². The fourth-order valence-corrected chi connectivity index (χ4v) is 2.02. The van der Waals surface area contributed by atoms with Gasteiger partial charge in [-0.3, -0.25) is 9.79 Å². The number of esters is 1. The Balaban J connectivity index is 2.00. The highest BCUT2D eigenvalue weighted by atomic mass is 16.5. The zero-order valence-electron chi connectivity index (χ0n) is 10.1. The Morgan fingerprint density at radius 3 is 2.76 bits per heavy atom. The third-order valence-electron chi connectivity index (χ3n) is 2.96. The van der Waals surface area contributed by atoms with Gasteiger partial charge in [0, 0.05) is 5.71 Å². The van der Waals surface area contributed by atoms with Gasteiger partial charge in [-0.2, -0.15) is 0 Å². The Hall–Kier alpha value is -1.64. The van der Waals surface area contributed by atoms with Crippen molar-refractivity contribution in [2.75, 3.05) is 13.2 Å². The molecule has 0 aliphatic carbocycles. The van der Waals surface area contributed by atoms with Crippen LogP contribution in [0.5, 0.6) is 0 Å². The highest BCUT2D eigenvalue weighted by molar-refractivity contribution is 6.01. The number of carbonyl (C=O) groups is 1. The fraction of sp³-hybridized carbons (Fsp3) is 0.429. The SMILES string of the molecule is CCOC(=O)[C@H]1CCC(c2ccccc2)=NC1. The molecule has 1 aromatic rings. The van der Waals surface area contributed by atoms with Crippen molar-refractivity contribution < 1.29 is 9.53 Å². The van der Waals surface area contributed by atoms with Crippen LogP contribution in [0.4, 0.5) is 0 Å². The first kappa shape index (κ1) is 11.8. The normalized spacial score (nSPS) is 19.6. The van der Waals surface area contributed by atoms with Crippen molar-refractivity contribution in [3.63, 3.8) is 0 Å². The van der Waals surface area contributed by atoms with Crippen molar-refractivity contribution in [2.45, 2.75) is 19.8 Å². The highest BCUT2D eigenvalue weighted by Crippen LogP contribution is 2.19. The lowest BCUT2D eigenvalue weighted by molar-refractivity contribution is -0.147. The fourth-order valence-electron chi connectivity index (χ4n) is 2.02. The lowest BCUT2D eigenvalue weighted by Gasteiger charge is -2.19. The number of rotatable bonds is 3. The average molecular weight is 231 g/mol. The van der Waals surface area contributed by atoms with Gasteiger partial charge in [0.1, 0.15) is 0 Å². The number of aliphatic imine (C=N–C) groups is 1. The van der Waals surface area contributed by atoms with E-state index in [1.165, 1.54) is 0 Å². The van der Waals surface area contributed by atoms with E-state index in [2.05, 4.69) is 17.1 Å². The molecular formula is C14H17NO2. The van der Waals surface area contributed by atoms with Gasteiger partial charge in [0.15, 0.2) is 0 Å². The summed E-state index contributed by atoms with van der Waals surface area (Å²) in [6.45, 7) is 2.84. The van der Waals surface area contributed by atoms with E-state index in [0.717, 1.165) is 24.1 Å². The maximum atomic E-state index is 11.5. The second kappa shape index (κ2) is 5.62. The molecule has 0 amide bonds. The predicted molar refractivity (Wildman–Crippen MR) is 67.2 cm³/mol. The van der Waals surface area contributed by atoms with E-state index >= 15 is 0 Å². The van der Waals surface area contributed by atoms with E-state index in [4.69, 9.17) is 4.74 Å². The minimum atomic E-state index is -0.108. The Morgan fingerprint density at radius 1 is 1.41 bits per heavy atom. The molecule has 0 unspecified atom stereocenters. The average Bonchev–Trinajstić information content (AvgIpc) is 2.40. The van der Waals surface area contributed by atoms with Crippen molar-refractivity contribution in [3.8, 4) is 0 Å². The Labute approximate surface area is 102 Å². The van der Waals surface area contributed by atoms with E-state index in [1.807, 2.05) is 25.1 Å². The quantitative estimate of drug-likeness (QED) is 0.749. The van der Waals surface area contributed by atoms with E-state index in [-0.39, 0.29) is 11.9 Å². The van der Waals surface area contributed by atoms with Gasteiger partial charge >= 0.3 is 5.97 Å². The molecule has 0 radical (unpaired) electrons. The minimum Gasteiger partial charge on any atom is -0.466 e. The van der Waals surface area contributed by atoms with E-state index in [1.54, 1.807) is 0 Å². The molecule has 0 saturated carbocycles. The molecular weight excluding hydrogens is 214 g/mol. The highest BCUT2D eigenvalue weighted by Gasteiger charge is 2.23. The molecule has 17 heavy (non-hydrogen) atoms. The Bertz CT molecular complexity index is 411. The molecule has 2 rings (SSSR count). The first-order valence-electron chi connectivity index (χ1n) is 6.06. The number of hydrogen-bond acceptors (Lipinski definition) is 3. The second-order valence-electron chi connectivity index (χ2n) is 4.14. The molecule has 3 heteroatoms. The summed E-state index contributed by atoms with van der Waals surface area (Å²) >= 11 is 0. The molecule has 0 fully saturated rings. The summed E-state index contributed by atoms with van der Waals surface area (Å²) in [6.07, 6.45) is 1.69. The van der Waals surface area contributed by atoms with Gasteiger partial charge in [-0.15, -0.1) is 0 Å². The van der Waals surface area contributed by atoms with Crippen molar-refractivity contribution in [3.05, 3.63) is 35.9 Å². The molecule has 1 aliphatic heterocycles. The molecule has 1 aromatic carbocycles.